The summed E-state index contributed by atoms with van der Waals surface area (Å²) in [5, 5.41) is 7.30. The minimum Gasteiger partial charge on any atom is -0.380 e. The summed E-state index contributed by atoms with van der Waals surface area (Å²) >= 11 is 7.64. The Bertz CT molecular complexity index is 597. The second-order valence-electron chi connectivity index (χ2n) is 3.97. The number of carbonyl (C=O) groups excluding carboxylic acids is 1. The molecule has 19 heavy (non-hydrogen) atoms. The Morgan fingerprint density at radius 3 is 2.89 bits per heavy atom. The number of amides is 1. The number of thiazole rings is 1. The van der Waals surface area contributed by atoms with Crippen molar-refractivity contribution >= 4 is 34.5 Å². The molecule has 0 unspecified atom stereocenters. The molecule has 1 amide bonds. The fraction of sp³-hybridized carbons (Fsp3) is 0.231. The van der Waals surface area contributed by atoms with Crippen LogP contribution in [0.4, 0.5) is 5.69 Å². The molecule has 0 aliphatic heterocycles. The van der Waals surface area contributed by atoms with Crippen molar-refractivity contribution in [1.29, 1.82) is 0 Å². The Labute approximate surface area is 120 Å². The minimum absolute atomic E-state index is 0.192. The average molecular weight is 296 g/mol. The molecule has 6 heteroatoms. The standard InChI is InChI=1S/C13H14ClN3OS/c1-8-16-6-10(19-8)7-17-9-3-4-12(14)11(5-9)13(18)15-2/h3-6,17H,7H2,1-2H3,(H,15,18). The lowest BCUT2D eigenvalue weighted by atomic mass is 10.2. The predicted molar refractivity (Wildman–Crippen MR) is 79.0 cm³/mol. The minimum atomic E-state index is -0.192. The molecule has 2 N–H and O–H groups in total. The van der Waals surface area contributed by atoms with Crippen LogP contribution in [0.15, 0.2) is 24.4 Å². The lowest BCUT2D eigenvalue weighted by Crippen LogP contribution is -2.18. The normalized spacial score (nSPS) is 10.3. The first kappa shape index (κ1) is 13.8. The summed E-state index contributed by atoms with van der Waals surface area (Å²) in [6.45, 7) is 2.65. The number of benzene rings is 1. The molecule has 100 valence electrons. The van der Waals surface area contributed by atoms with Gasteiger partial charge in [0, 0.05) is 23.8 Å². The van der Waals surface area contributed by atoms with Crippen LogP contribution in [-0.2, 0) is 6.54 Å². The van der Waals surface area contributed by atoms with Crippen LogP contribution in [0.25, 0.3) is 0 Å². The molecule has 4 nitrogen and oxygen atoms in total. The monoisotopic (exact) mass is 295 g/mol. The fourth-order valence-corrected chi connectivity index (χ4v) is 2.56. The number of hydrogen-bond acceptors (Lipinski definition) is 4. The number of anilines is 1. The Balaban J connectivity index is 2.10. The molecule has 0 radical (unpaired) electrons. The summed E-state index contributed by atoms with van der Waals surface area (Å²) in [6.07, 6.45) is 1.85. The number of halogens is 1. The van der Waals surface area contributed by atoms with Crippen LogP contribution in [0.2, 0.25) is 5.02 Å². The topological polar surface area (TPSA) is 54.0 Å². The molecule has 0 bridgehead atoms. The SMILES string of the molecule is CNC(=O)c1cc(NCc2cnc(C)s2)ccc1Cl. The largest absolute Gasteiger partial charge is 0.380 e. The zero-order valence-electron chi connectivity index (χ0n) is 10.7. The molecule has 0 aliphatic rings. The zero-order chi connectivity index (χ0) is 13.8. The van der Waals surface area contributed by atoms with E-state index in [1.165, 1.54) is 0 Å². The van der Waals surface area contributed by atoms with Crippen LogP contribution in [0.5, 0.6) is 0 Å². The van der Waals surface area contributed by atoms with Crippen molar-refractivity contribution in [3.63, 3.8) is 0 Å². The van der Waals surface area contributed by atoms with Gasteiger partial charge in [0.2, 0.25) is 0 Å². The van der Waals surface area contributed by atoms with Gasteiger partial charge in [0.05, 0.1) is 22.1 Å². The Hall–Kier alpha value is -1.59. The van der Waals surface area contributed by atoms with E-state index in [1.807, 2.05) is 19.2 Å². The third-order valence-corrected chi connectivity index (χ3v) is 3.82. The summed E-state index contributed by atoms with van der Waals surface area (Å²) in [4.78, 5) is 17.0. The van der Waals surface area contributed by atoms with Gasteiger partial charge in [0.15, 0.2) is 0 Å². The molecule has 2 aromatic rings. The second-order valence-corrected chi connectivity index (χ2v) is 5.70. The average Bonchev–Trinajstić information content (AvgIpc) is 2.83. The van der Waals surface area contributed by atoms with Gasteiger partial charge in [0.25, 0.3) is 5.91 Å². The molecule has 0 aliphatic carbocycles. The first-order valence-electron chi connectivity index (χ1n) is 5.77. The maximum Gasteiger partial charge on any atom is 0.252 e. The van der Waals surface area contributed by atoms with Crippen molar-refractivity contribution in [2.75, 3.05) is 12.4 Å². The van der Waals surface area contributed by atoms with Gasteiger partial charge in [-0.1, -0.05) is 11.6 Å². The summed E-state index contributed by atoms with van der Waals surface area (Å²) in [6, 6.07) is 5.31. The highest BCUT2D eigenvalue weighted by Crippen LogP contribution is 2.21. The lowest BCUT2D eigenvalue weighted by Gasteiger charge is -2.08. The van der Waals surface area contributed by atoms with Crippen molar-refractivity contribution < 1.29 is 4.79 Å². The van der Waals surface area contributed by atoms with Crippen molar-refractivity contribution in [3.05, 3.63) is 44.9 Å². The van der Waals surface area contributed by atoms with Crippen molar-refractivity contribution in [2.24, 2.45) is 0 Å². The van der Waals surface area contributed by atoms with E-state index in [0.29, 0.717) is 17.1 Å². The third-order valence-electron chi connectivity index (χ3n) is 2.57. The first-order chi connectivity index (χ1) is 9.10. The molecule has 0 saturated heterocycles. The van der Waals surface area contributed by atoms with E-state index in [4.69, 9.17) is 11.6 Å². The van der Waals surface area contributed by atoms with Crippen LogP contribution in [-0.4, -0.2) is 17.9 Å². The molecule has 0 spiro atoms. The maximum atomic E-state index is 11.6. The van der Waals surface area contributed by atoms with Crippen LogP contribution in [0.1, 0.15) is 20.2 Å². The number of hydrogen-bond donors (Lipinski definition) is 2. The first-order valence-corrected chi connectivity index (χ1v) is 6.96. The fourth-order valence-electron chi connectivity index (χ4n) is 1.62. The van der Waals surface area contributed by atoms with E-state index in [9.17, 15) is 4.79 Å². The smallest absolute Gasteiger partial charge is 0.252 e. The van der Waals surface area contributed by atoms with Gasteiger partial charge in [-0.25, -0.2) is 4.98 Å². The number of nitrogens with zero attached hydrogens (tertiary/aromatic N) is 1. The molecule has 2 rings (SSSR count). The van der Waals surface area contributed by atoms with E-state index >= 15 is 0 Å². The maximum absolute atomic E-state index is 11.6. The Kier molecular flexibility index (Phi) is 4.39. The van der Waals surface area contributed by atoms with E-state index in [2.05, 4.69) is 15.6 Å². The van der Waals surface area contributed by atoms with E-state index < -0.39 is 0 Å². The van der Waals surface area contributed by atoms with Gasteiger partial charge in [-0.2, -0.15) is 0 Å². The van der Waals surface area contributed by atoms with Crippen LogP contribution in [0, 0.1) is 6.92 Å². The van der Waals surface area contributed by atoms with Gasteiger partial charge in [0.1, 0.15) is 0 Å². The summed E-state index contributed by atoms with van der Waals surface area (Å²) < 4.78 is 0. The van der Waals surface area contributed by atoms with Crippen molar-refractivity contribution in [2.45, 2.75) is 13.5 Å². The third kappa shape index (κ3) is 3.45. The predicted octanol–water partition coefficient (Wildman–Crippen LogP) is 3.08. The van der Waals surface area contributed by atoms with Crippen molar-refractivity contribution in [1.82, 2.24) is 10.3 Å². The number of rotatable bonds is 4. The highest BCUT2D eigenvalue weighted by atomic mass is 35.5. The molecule has 0 atom stereocenters. The summed E-state index contributed by atoms with van der Waals surface area (Å²) in [5.41, 5.74) is 1.32. The number of carbonyl (C=O) groups is 1. The Morgan fingerprint density at radius 2 is 2.26 bits per heavy atom. The highest BCUT2D eigenvalue weighted by Gasteiger charge is 2.09. The molecule has 1 aromatic carbocycles. The van der Waals surface area contributed by atoms with Crippen LogP contribution >= 0.6 is 22.9 Å². The van der Waals surface area contributed by atoms with E-state index in [1.54, 1.807) is 30.5 Å². The van der Waals surface area contributed by atoms with E-state index in [-0.39, 0.29) is 5.91 Å². The van der Waals surface area contributed by atoms with Crippen LogP contribution < -0.4 is 10.6 Å². The van der Waals surface area contributed by atoms with Gasteiger partial charge in [-0.3, -0.25) is 4.79 Å². The number of aromatic nitrogens is 1. The second kappa shape index (κ2) is 6.04. The Morgan fingerprint density at radius 1 is 1.47 bits per heavy atom. The molecule has 0 fully saturated rings. The molecule has 1 aromatic heterocycles. The quantitative estimate of drug-likeness (QED) is 0.911. The van der Waals surface area contributed by atoms with Gasteiger partial charge < -0.3 is 10.6 Å². The van der Waals surface area contributed by atoms with Gasteiger partial charge >= 0.3 is 0 Å². The van der Waals surface area contributed by atoms with Gasteiger partial charge in [-0.05, 0) is 25.1 Å². The highest BCUT2D eigenvalue weighted by molar-refractivity contribution is 7.11. The molecular formula is C13H14ClN3OS. The molecule has 1 heterocycles. The van der Waals surface area contributed by atoms with Crippen molar-refractivity contribution in [3.8, 4) is 0 Å². The van der Waals surface area contributed by atoms with E-state index in [0.717, 1.165) is 15.6 Å². The zero-order valence-corrected chi connectivity index (χ0v) is 12.2. The number of nitrogens with one attached hydrogen (secondary N) is 2. The van der Waals surface area contributed by atoms with Gasteiger partial charge in [-0.15, -0.1) is 11.3 Å². The summed E-state index contributed by atoms with van der Waals surface area (Å²) in [5.74, 6) is -0.192. The molecular weight excluding hydrogens is 282 g/mol. The van der Waals surface area contributed by atoms with Crippen LogP contribution in [0.3, 0.4) is 0 Å². The lowest BCUT2D eigenvalue weighted by molar-refractivity contribution is 0.0963. The summed E-state index contributed by atoms with van der Waals surface area (Å²) in [7, 11) is 1.58. The number of aryl methyl sites for hydroxylation is 1. The molecule has 0 saturated carbocycles.